The molecular formula is C20H29N5O2. The van der Waals surface area contributed by atoms with Gasteiger partial charge in [-0.25, -0.2) is 4.98 Å². The molecule has 2 aromatic heterocycles. The standard InChI is InChI=1S/C20H29N5O2/c1-26-19-4-3-17(11-21-19)12-24-8-2-6-20(14-24)15-25(9-10-27-16-20)13-18-5-7-22-23-18/h3-5,7,11H,2,6,8-10,12-16H2,1H3,(H,22,23)/t20-/m1/s1. The lowest BCUT2D eigenvalue weighted by Crippen LogP contribution is -2.50. The van der Waals surface area contributed by atoms with Crippen LogP contribution in [-0.2, 0) is 17.8 Å². The van der Waals surface area contributed by atoms with E-state index in [1.807, 2.05) is 18.5 Å². The van der Waals surface area contributed by atoms with Gasteiger partial charge in [-0.3, -0.25) is 14.9 Å². The maximum absolute atomic E-state index is 6.04. The molecule has 1 N–H and O–H groups in total. The number of rotatable bonds is 5. The molecule has 146 valence electrons. The van der Waals surface area contributed by atoms with Crippen LogP contribution in [0.4, 0.5) is 0 Å². The van der Waals surface area contributed by atoms with Crippen LogP contribution in [0.2, 0.25) is 0 Å². The van der Waals surface area contributed by atoms with E-state index in [1.165, 1.54) is 24.1 Å². The van der Waals surface area contributed by atoms with Crippen LogP contribution >= 0.6 is 0 Å². The lowest BCUT2D eigenvalue weighted by molar-refractivity contribution is 0.00238. The Balaban J connectivity index is 1.41. The summed E-state index contributed by atoms with van der Waals surface area (Å²) in [7, 11) is 1.65. The average molecular weight is 371 g/mol. The fourth-order valence-electron chi connectivity index (χ4n) is 4.41. The minimum atomic E-state index is 0.203. The van der Waals surface area contributed by atoms with Gasteiger partial charge in [0.2, 0.25) is 5.88 Å². The second-order valence-corrected chi connectivity index (χ2v) is 7.87. The normalized spacial score (nSPS) is 24.8. The van der Waals surface area contributed by atoms with E-state index in [4.69, 9.17) is 9.47 Å². The number of aromatic nitrogens is 3. The van der Waals surface area contributed by atoms with Crippen molar-refractivity contribution in [3.05, 3.63) is 41.9 Å². The van der Waals surface area contributed by atoms with E-state index in [0.717, 1.165) is 52.5 Å². The van der Waals surface area contributed by atoms with Crippen molar-refractivity contribution in [2.45, 2.75) is 25.9 Å². The summed E-state index contributed by atoms with van der Waals surface area (Å²) in [5.74, 6) is 0.667. The second-order valence-electron chi connectivity index (χ2n) is 7.87. The van der Waals surface area contributed by atoms with Crippen LogP contribution in [0.1, 0.15) is 24.1 Å². The van der Waals surface area contributed by atoms with Gasteiger partial charge in [0, 0.05) is 62.3 Å². The largest absolute Gasteiger partial charge is 0.481 e. The molecule has 4 rings (SSSR count). The van der Waals surface area contributed by atoms with Crippen molar-refractivity contribution < 1.29 is 9.47 Å². The molecule has 0 aliphatic carbocycles. The fraction of sp³-hybridized carbons (Fsp3) is 0.600. The molecule has 0 unspecified atom stereocenters. The molecule has 0 amide bonds. The summed E-state index contributed by atoms with van der Waals surface area (Å²) in [5, 5.41) is 7.17. The molecule has 2 aliphatic heterocycles. The smallest absolute Gasteiger partial charge is 0.212 e. The van der Waals surface area contributed by atoms with Crippen molar-refractivity contribution in [3.8, 4) is 5.88 Å². The molecule has 1 atom stereocenters. The van der Waals surface area contributed by atoms with Crippen molar-refractivity contribution in [1.29, 1.82) is 0 Å². The zero-order chi connectivity index (χ0) is 18.5. The Morgan fingerprint density at radius 1 is 1.19 bits per heavy atom. The van der Waals surface area contributed by atoms with E-state index in [9.17, 15) is 0 Å². The summed E-state index contributed by atoms with van der Waals surface area (Å²) in [4.78, 5) is 9.41. The van der Waals surface area contributed by atoms with Crippen LogP contribution in [-0.4, -0.2) is 71.5 Å². The number of H-pyrrole nitrogens is 1. The van der Waals surface area contributed by atoms with Crippen molar-refractivity contribution in [1.82, 2.24) is 25.0 Å². The first kappa shape index (κ1) is 18.4. The van der Waals surface area contributed by atoms with Crippen molar-refractivity contribution in [3.63, 3.8) is 0 Å². The Bertz CT molecular complexity index is 706. The Morgan fingerprint density at radius 3 is 2.81 bits per heavy atom. The Labute approximate surface area is 160 Å². The number of likely N-dealkylation sites (tertiary alicyclic amines) is 1. The van der Waals surface area contributed by atoms with Gasteiger partial charge in [0.25, 0.3) is 0 Å². The summed E-state index contributed by atoms with van der Waals surface area (Å²) in [6, 6.07) is 6.11. The molecule has 2 aliphatic rings. The van der Waals surface area contributed by atoms with Gasteiger partial charge in [-0.1, -0.05) is 6.07 Å². The maximum atomic E-state index is 6.04. The molecule has 27 heavy (non-hydrogen) atoms. The second kappa shape index (κ2) is 8.37. The molecule has 2 fully saturated rings. The van der Waals surface area contributed by atoms with Crippen molar-refractivity contribution in [2.75, 3.05) is 46.5 Å². The predicted molar refractivity (Wildman–Crippen MR) is 102 cm³/mol. The third-order valence-electron chi connectivity index (χ3n) is 5.62. The molecule has 7 nitrogen and oxygen atoms in total. The highest BCUT2D eigenvalue weighted by molar-refractivity contribution is 5.17. The zero-order valence-electron chi connectivity index (χ0n) is 16.1. The van der Waals surface area contributed by atoms with Crippen LogP contribution in [0, 0.1) is 5.41 Å². The number of methoxy groups -OCH3 is 1. The summed E-state index contributed by atoms with van der Waals surface area (Å²) >= 11 is 0. The van der Waals surface area contributed by atoms with Gasteiger partial charge in [0.05, 0.1) is 20.3 Å². The van der Waals surface area contributed by atoms with Crippen LogP contribution < -0.4 is 4.74 Å². The van der Waals surface area contributed by atoms with E-state index in [2.05, 4.69) is 37.1 Å². The molecule has 2 aromatic rings. The molecule has 0 bridgehead atoms. The fourth-order valence-corrected chi connectivity index (χ4v) is 4.41. The van der Waals surface area contributed by atoms with Crippen LogP contribution in [0.3, 0.4) is 0 Å². The first-order chi connectivity index (χ1) is 13.2. The number of nitrogens with one attached hydrogen (secondary N) is 1. The van der Waals surface area contributed by atoms with E-state index < -0.39 is 0 Å². The molecule has 0 saturated carbocycles. The number of aromatic amines is 1. The lowest BCUT2D eigenvalue weighted by atomic mass is 9.80. The predicted octanol–water partition coefficient (Wildman–Crippen LogP) is 1.93. The monoisotopic (exact) mass is 371 g/mol. The van der Waals surface area contributed by atoms with E-state index in [-0.39, 0.29) is 5.41 Å². The molecular weight excluding hydrogens is 342 g/mol. The van der Waals surface area contributed by atoms with Crippen LogP contribution in [0.15, 0.2) is 30.6 Å². The van der Waals surface area contributed by atoms with Gasteiger partial charge in [-0.15, -0.1) is 0 Å². The highest BCUT2D eigenvalue weighted by atomic mass is 16.5. The third kappa shape index (κ3) is 4.66. The number of hydrogen-bond donors (Lipinski definition) is 1. The minimum Gasteiger partial charge on any atom is -0.481 e. The molecule has 7 heteroatoms. The van der Waals surface area contributed by atoms with E-state index in [0.29, 0.717) is 5.88 Å². The quantitative estimate of drug-likeness (QED) is 0.866. The number of pyridine rings is 1. The van der Waals surface area contributed by atoms with Gasteiger partial charge in [0.15, 0.2) is 0 Å². The summed E-state index contributed by atoms with van der Waals surface area (Å²) < 4.78 is 11.2. The first-order valence-electron chi connectivity index (χ1n) is 9.74. The van der Waals surface area contributed by atoms with Gasteiger partial charge >= 0.3 is 0 Å². The number of piperidine rings is 1. The number of ether oxygens (including phenoxy) is 2. The van der Waals surface area contributed by atoms with Gasteiger partial charge in [-0.2, -0.15) is 5.10 Å². The average Bonchev–Trinajstić information content (AvgIpc) is 3.12. The molecule has 0 aromatic carbocycles. The summed E-state index contributed by atoms with van der Waals surface area (Å²) in [6.45, 7) is 7.74. The number of hydrogen-bond acceptors (Lipinski definition) is 6. The molecule has 0 radical (unpaired) electrons. The van der Waals surface area contributed by atoms with Gasteiger partial charge < -0.3 is 9.47 Å². The van der Waals surface area contributed by atoms with Crippen molar-refractivity contribution >= 4 is 0 Å². The highest BCUT2D eigenvalue weighted by Crippen LogP contribution is 2.34. The summed E-state index contributed by atoms with van der Waals surface area (Å²) in [6.07, 6.45) is 6.19. The van der Waals surface area contributed by atoms with Gasteiger partial charge in [0.1, 0.15) is 0 Å². The van der Waals surface area contributed by atoms with Crippen molar-refractivity contribution in [2.24, 2.45) is 5.41 Å². The SMILES string of the molecule is COc1ccc(CN2CCC[C@@]3(COCCN(Cc4ccn[nH]4)C3)C2)cn1. The van der Waals surface area contributed by atoms with Gasteiger partial charge in [-0.05, 0) is 31.0 Å². The topological polar surface area (TPSA) is 66.5 Å². The Morgan fingerprint density at radius 2 is 2.07 bits per heavy atom. The maximum Gasteiger partial charge on any atom is 0.212 e. The molecule has 4 heterocycles. The summed E-state index contributed by atoms with van der Waals surface area (Å²) in [5.41, 5.74) is 2.61. The third-order valence-corrected chi connectivity index (χ3v) is 5.62. The minimum absolute atomic E-state index is 0.203. The lowest BCUT2D eigenvalue weighted by Gasteiger charge is -2.43. The number of nitrogens with zero attached hydrogens (tertiary/aromatic N) is 4. The van der Waals surface area contributed by atoms with E-state index >= 15 is 0 Å². The first-order valence-corrected chi connectivity index (χ1v) is 9.74. The van der Waals surface area contributed by atoms with E-state index in [1.54, 1.807) is 7.11 Å². The Kier molecular flexibility index (Phi) is 5.71. The molecule has 2 saturated heterocycles. The van der Waals surface area contributed by atoms with Crippen LogP contribution in [0.25, 0.3) is 0 Å². The zero-order valence-corrected chi connectivity index (χ0v) is 16.1. The van der Waals surface area contributed by atoms with Crippen LogP contribution in [0.5, 0.6) is 5.88 Å². The highest BCUT2D eigenvalue weighted by Gasteiger charge is 2.38. The Hall–Kier alpha value is -1.96. The molecule has 1 spiro atoms.